The third-order valence-corrected chi connectivity index (χ3v) is 1.57. The molecular weight excluding hydrogens is 439 g/mol. The summed E-state index contributed by atoms with van der Waals surface area (Å²) in [7, 11) is 0.0650. The second-order valence-electron chi connectivity index (χ2n) is 2.36. The summed E-state index contributed by atoms with van der Waals surface area (Å²) < 4.78 is 0. The van der Waals surface area contributed by atoms with E-state index in [0.29, 0.717) is 0 Å². The van der Waals surface area contributed by atoms with Crippen LogP contribution in [0.3, 0.4) is 0 Å². The number of fused-ring (bicyclic) bond motifs is 1. The minimum Gasteiger partial charge on any atom is -0.0616 e. The van der Waals surface area contributed by atoms with E-state index in [1.165, 1.54) is 10.8 Å². The topological polar surface area (TPSA) is 0 Å². The van der Waals surface area contributed by atoms with Crippen LogP contribution in [0.5, 0.6) is 0 Å². The van der Waals surface area contributed by atoms with E-state index in [1.54, 1.807) is 0 Å². The van der Waals surface area contributed by atoms with Gasteiger partial charge in [-0.1, -0.05) is 42.5 Å². The van der Waals surface area contributed by atoms with Crippen molar-refractivity contribution in [2.45, 2.75) is 0 Å². The van der Waals surface area contributed by atoms with Gasteiger partial charge in [0.05, 0.1) is 0 Å². The van der Waals surface area contributed by atoms with Crippen LogP contribution in [-0.4, -0.2) is 0 Å². The molecule has 0 fully saturated rings. The molecule has 2 aromatic rings. The summed E-state index contributed by atoms with van der Waals surface area (Å²) in [5.74, 6) is 0. The predicted octanol–water partition coefficient (Wildman–Crippen LogP) is 4.41. The molecule has 0 unspecified atom stereocenters. The second-order valence-corrected chi connectivity index (χ2v) is 25.9. The van der Waals surface area contributed by atoms with Gasteiger partial charge >= 0.3 is 49.6 Å². The van der Waals surface area contributed by atoms with Crippen molar-refractivity contribution in [3.05, 3.63) is 48.5 Å². The zero-order valence-corrected chi connectivity index (χ0v) is 14.3. The van der Waals surface area contributed by atoms with E-state index in [4.69, 9.17) is 0 Å². The molecule has 0 aromatic heterocycles. The van der Waals surface area contributed by atoms with E-state index in [1.807, 2.05) is 24.3 Å². The van der Waals surface area contributed by atoms with Gasteiger partial charge < -0.3 is 0 Å². The molecule has 2 aromatic carbocycles. The molecule has 0 saturated heterocycles. The van der Waals surface area contributed by atoms with Gasteiger partial charge in [0.1, 0.15) is 0 Å². The molecule has 0 amide bonds. The molecule has 0 N–H and O–H groups in total. The van der Waals surface area contributed by atoms with Crippen LogP contribution < -0.4 is 0 Å². The Morgan fingerprint density at radius 3 is 2.31 bits per heavy atom. The molecule has 3 heteroatoms. The molecule has 0 spiro atoms. The third kappa shape index (κ3) is 4.21. The Bertz CT molecular complexity index is 297. The van der Waals surface area contributed by atoms with Gasteiger partial charge in [-0.3, -0.25) is 0 Å². The van der Waals surface area contributed by atoms with Crippen molar-refractivity contribution < 1.29 is 10.1 Å². The molecule has 13 heavy (non-hydrogen) atoms. The summed E-state index contributed by atoms with van der Waals surface area (Å²) in [6.45, 7) is 0. The van der Waals surface area contributed by atoms with Crippen LogP contribution in [0.15, 0.2) is 42.5 Å². The first kappa shape index (κ1) is 11.9. The summed E-state index contributed by atoms with van der Waals surface area (Å²) in [5, 5.41) is 2.44. The summed E-state index contributed by atoms with van der Waals surface area (Å²) >= 11 is 4.93. The zero-order chi connectivity index (χ0) is 9.52. The first-order valence-corrected chi connectivity index (χ1v) is 22.0. The van der Waals surface area contributed by atoms with Crippen LogP contribution in [0.1, 0.15) is 0 Å². The van der Waals surface area contributed by atoms with Gasteiger partial charge in [0.25, 0.3) is 0 Å². The van der Waals surface area contributed by atoms with E-state index in [9.17, 15) is 0 Å². The first-order valence-electron chi connectivity index (χ1n) is 3.86. The van der Waals surface area contributed by atoms with Crippen LogP contribution in [0.4, 0.5) is 0 Å². The predicted molar refractivity (Wildman–Crippen MR) is 70.8 cm³/mol. The van der Waals surface area contributed by atoms with E-state index in [0.717, 1.165) is 0 Å². The summed E-state index contributed by atoms with van der Waals surface area (Å²) in [6, 6.07) is 17.4. The molecular formula is C10H7I2Zn. The Labute approximate surface area is 107 Å². The average molecular weight is 446 g/mol. The van der Waals surface area contributed by atoms with Crippen molar-refractivity contribution >= 4 is 50.3 Å². The maximum atomic E-state index is 3.15. The molecule has 63 valence electrons. The Morgan fingerprint density at radius 1 is 1.00 bits per heavy atom. The molecule has 0 aliphatic heterocycles. The fourth-order valence-corrected chi connectivity index (χ4v) is 1.06. The van der Waals surface area contributed by atoms with Gasteiger partial charge in [0.15, 0.2) is 0 Å². The van der Waals surface area contributed by atoms with Gasteiger partial charge in [-0.2, -0.15) is 0 Å². The minimum absolute atomic E-state index is 0.0650. The normalized spacial score (nSPS) is 8.46. The Hall–Kier alpha value is 0.783. The first-order chi connectivity index (χ1) is 6.38. The molecule has 0 heterocycles. The van der Waals surface area contributed by atoms with Gasteiger partial charge in [0, 0.05) is 0 Å². The van der Waals surface area contributed by atoms with Crippen LogP contribution in [-0.2, 0) is 10.1 Å². The summed E-state index contributed by atoms with van der Waals surface area (Å²) in [5.41, 5.74) is 0. The average Bonchev–Trinajstić information content (AvgIpc) is 2.19. The maximum Gasteiger partial charge on any atom is -0.00992 e. The molecule has 0 aliphatic rings. The van der Waals surface area contributed by atoms with Crippen molar-refractivity contribution in [1.82, 2.24) is 0 Å². The van der Waals surface area contributed by atoms with Gasteiger partial charge in [-0.15, -0.1) is 0 Å². The second kappa shape index (κ2) is 7.13. The van der Waals surface area contributed by atoms with Crippen LogP contribution in [0.25, 0.3) is 10.8 Å². The fourth-order valence-electron chi connectivity index (χ4n) is 1.06. The largest absolute Gasteiger partial charge is 0.0616 e. The quantitative estimate of drug-likeness (QED) is 0.416. The fraction of sp³-hybridized carbons (Fsp3) is 0. The van der Waals surface area contributed by atoms with Crippen LogP contribution in [0, 0.1) is 6.07 Å². The van der Waals surface area contributed by atoms with Crippen molar-refractivity contribution in [3.63, 3.8) is 0 Å². The molecule has 0 aliphatic carbocycles. The SMILES string of the molecule is [I][Zn][I].[c]1cccc2ccccc12. The molecule has 0 bridgehead atoms. The smallest absolute Gasteiger partial charge is 0.00992 e. The molecule has 2 rings (SSSR count). The van der Waals surface area contributed by atoms with Gasteiger partial charge in [-0.05, 0) is 16.8 Å². The summed E-state index contributed by atoms with van der Waals surface area (Å²) in [6.07, 6.45) is 0. The zero-order valence-electron chi connectivity index (χ0n) is 7.00. The van der Waals surface area contributed by atoms with Crippen molar-refractivity contribution in [3.8, 4) is 0 Å². The van der Waals surface area contributed by atoms with Gasteiger partial charge in [-0.25, -0.2) is 0 Å². The third-order valence-electron chi connectivity index (χ3n) is 1.57. The number of halogens is 2. The standard InChI is InChI=1S/C10H7.2HI.Zn/c1-2-6-10-8-4-3-7-9(10)5-1;;;/h1-7H;2*1H;/q;;;+2/p-2. The number of hydrogen-bond acceptors (Lipinski definition) is 0. The Morgan fingerprint density at radius 2 is 1.62 bits per heavy atom. The molecule has 1 radical (unpaired) electrons. The Kier molecular flexibility index (Phi) is 6.50. The minimum atomic E-state index is 0.0650. The summed E-state index contributed by atoms with van der Waals surface area (Å²) in [4.78, 5) is 0. The number of hydrogen-bond donors (Lipinski definition) is 0. The monoisotopic (exact) mass is 445 g/mol. The van der Waals surface area contributed by atoms with Crippen molar-refractivity contribution in [2.24, 2.45) is 0 Å². The van der Waals surface area contributed by atoms with E-state index < -0.39 is 0 Å². The van der Waals surface area contributed by atoms with E-state index in [-0.39, 0.29) is 10.1 Å². The van der Waals surface area contributed by atoms with Crippen molar-refractivity contribution in [1.29, 1.82) is 0 Å². The molecule has 0 nitrogen and oxygen atoms in total. The molecule has 0 atom stereocenters. The van der Waals surface area contributed by atoms with Gasteiger partial charge in [0.2, 0.25) is 0 Å². The number of benzene rings is 2. The van der Waals surface area contributed by atoms with Crippen LogP contribution >= 0.6 is 39.5 Å². The van der Waals surface area contributed by atoms with E-state index in [2.05, 4.69) is 63.8 Å². The maximum absolute atomic E-state index is 3.15. The number of rotatable bonds is 0. The van der Waals surface area contributed by atoms with E-state index >= 15 is 0 Å². The Balaban J connectivity index is 0.000000251. The van der Waals surface area contributed by atoms with Crippen LogP contribution in [0.2, 0.25) is 0 Å². The van der Waals surface area contributed by atoms with Crippen molar-refractivity contribution in [2.75, 3.05) is 0 Å². The molecule has 0 saturated carbocycles.